The van der Waals surface area contributed by atoms with Crippen molar-refractivity contribution in [3.05, 3.63) is 95.6 Å². The van der Waals surface area contributed by atoms with Gasteiger partial charge in [0.25, 0.3) is 5.71 Å². The quantitative estimate of drug-likeness (QED) is 0.308. The zero-order valence-electron chi connectivity index (χ0n) is 22.7. The van der Waals surface area contributed by atoms with Crippen LogP contribution in [0.1, 0.15) is 29.4 Å². The van der Waals surface area contributed by atoms with Crippen LogP contribution in [0.15, 0.2) is 77.6 Å². The maximum atomic E-state index is 13.0. The van der Waals surface area contributed by atoms with E-state index in [1.807, 2.05) is 41.3 Å². The minimum Gasteiger partial charge on any atom is -0.352 e. The maximum Gasteiger partial charge on any atom is 0.321 e. The van der Waals surface area contributed by atoms with Gasteiger partial charge < -0.3 is 19.6 Å². The number of carbonyl (C=O) groups is 1. The Morgan fingerprint density at radius 3 is 2.40 bits per heavy atom. The summed E-state index contributed by atoms with van der Waals surface area (Å²) in [5.74, 6) is 1.43. The fraction of sp³-hybridized carbons (Fsp3) is 0.258. The number of piperazine rings is 1. The second kappa shape index (κ2) is 11.1. The number of fused-ring (bicyclic) bond motifs is 1. The van der Waals surface area contributed by atoms with Crippen LogP contribution in [0.4, 0.5) is 16.3 Å². The third kappa shape index (κ3) is 5.36. The number of benzene rings is 2. The highest BCUT2D eigenvalue weighted by molar-refractivity contribution is 5.98. The highest BCUT2D eigenvalue weighted by atomic mass is 16.5. The van der Waals surface area contributed by atoms with Crippen LogP contribution < -0.4 is 10.2 Å². The third-order valence-electron chi connectivity index (χ3n) is 7.26. The van der Waals surface area contributed by atoms with E-state index in [4.69, 9.17) is 14.5 Å². The largest absolute Gasteiger partial charge is 0.352 e. The molecule has 1 saturated heterocycles. The van der Waals surface area contributed by atoms with Gasteiger partial charge in [0, 0.05) is 56.2 Å². The molecule has 4 heterocycles. The monoisotopic (exact) mass is 533 g/mol. The topological polar surface area (TPSA) is 100 Å². The fourth-order valence-corrected chi connectivity index (χ4v) is 4.92. The number of anilines is 2. The lowest BCUT2D eigenvalue weighted by atomic mass is 10.1. The van der Waals surface area contributed by atoms with E-state index in [-0.39, 0.29) is 6.03 Å². The van der Waals surface area contributed by atoms with Crippen LogP contribution in [-0.2, 0) is 12.8 Å². The Labute approximate surface area is 232 Å². The molecule has 2 amide bonds. The first-order chi connectivity index (χ1) is 19.6. The van der Waals surface area contributed by atoms with Gasteiger partial charge in [0.05, 0.1) is 0 Å². The first-order valence-electron chi connectivity index (χ1n) is 13.6. The van der Waals surface area contributed by atoms with Crippen LogP contribution in [0.2, 0.25) is 0 Å². The Balaban J connectivity index is 1.26. The first-order valence-corrected chi connectivity index (χ1v) is 13.6. The van der Waals surface area contributed by atoms with Gasteiger partial charge >= 0.3 is 6.03 Å². The van der Waals surface area contributed by atoms with Gasteiger partial charge in [-0.15, -0.1) is 0 Å². The van der Waals surface area contributed by atoms with Crippen molar-refractivity contribution in [3.8, 4) is 11.3 Å². The van der Waals surface area contributed by atoms with Crippen LogP contribution in [0.5, 0.6) is 0 Å². The zero-order valence-corrected chi connectivity index (χ0v) is 22.7. The first kappa shape index (κ1) is 25.5. The smallest absolute Gasteiger partial charge is 0.321 e. The molecule has 2 aromatic carbocycles. The molecule has 202 valence electrons. The third-order valence-corrected chi connectivity index (χ3v) is 7.26. The average Bonchev–Trinajstić information content (AvgIpc) is 3.43. The summed E-state index contributed by atoms with van der Waals surface area (Å²) in [6.07, 6.45) is 5.03. The van der Waals surface area contributed by atoms with Crippen molar-refractivity contribution in [1.82, 2.24) is 25.0 Å². The van der Waals surface area contributed by atoms with Gasteiger partial charge in [-0.2, -0.15) is 4.98 Å². The highest BCUT2D eigenvalue weighted by Gasteiger charge is 2.27. The fourth-order valence-electron chi connectivity index (χ4n) is 4.92. The summed E-state index contributed by atoms with van der Waals surface area (Å²) in [4.78, 5) is 31.0. The molecule has 6 rings (SSSR count). The minimum absolute atomic E-state index is 0.0992. The normalized spacial score (nSPS) is 13.6. The predicted octanol–water partition coefficient (Wildman–Crippen LogP) is 5.50. The second-order valence-corrected chi connectivity index (χ2v) is 10.0. The van der Waals surface area contributed by atoms with Crippen molar-refractivity contribution >= 4 is 28.6 Å². The molecular formula is C31H31N7O2. The standard InChI is InChI=1S/C31H31N7O2/c1-3-22-10-12-25(13-11-22)33-31(39)38-17-15-37(16-18-38)29-27-28(24-5-4-14-32-20-24)36-40-30(27)35-26(34-29)19-23-8-6-21(2)7-9-23/h4-14,20H,3,15-19H2,1-2H3,(H,33,39). The molecule has 0 atom stereocenters. The Morgan fingerprint density at radius 2 is 1.70 bits per heavy atom. The average molecular weight is 534 g/mol. The van der Waals surface area contributed by atoms with Crippen LogP contribution in [0, 0.1) is 6.92 Å². The number of aromatic nitrogens is 4. The molecule has 1 aliphatic rings. The molecule has 9 nitrogen and oxygen atoms in total. The number of nitrogens with one attached hydrogen (secondary N) is 1. The lowest BCUT2D eigenvalue weighted by Crippen LogP contribution is -2.50. The molecule has 0 aliphatic carbocycles. The van der Waals surface area contributed by atoms with Crippen molar-refractivity contribution in [1.29, 1.82) is 0 Å². The van der Waals surface area contributed by atoms with E-state index in [9.17, 15) is 4.79 Å². The summed E-state index contributed by atoms with van der Waals surface area (Å²) in [5.41, 5.74) is 6.31. The number of carbonyl (C=O) groups excluding carboxylic acids is 1. The van der Waals surface area contributed by atoms with Crippen LogP contribution in [0.25, 0.3) is 22.4 Å². The summed E-state index contributed by atoms with van der Waals surface area (Å²) in [7, 11) is 0. The van der Waals surface area contributed by atoms with Gasteiger partial charge in [-0.1, -0.05) is 54.0 Å². The van der Waals surface area contributed by atoms with Gasteiger partial charge in [-0.25, -0.2) is 9.78 Å². The van der Waals surface area contributed by atoms with E-state index in [1.165, 1.54) is 11.1 Å². The van der Waals surface area contributed by atoms with Gasteiger partial charge in [0.2, 0.25) is 0 Å². The lowest BCUT2D eigenvalue weighted by Gasteiger charge is -2.35. The molecule has 5 aromatic rings. The molecule has 9 heteroatoms. The maximum absolute atomic E-state index is 13.0. The molecule has 1 N–H and O–H groups in total. The van der Waals surface area contributed by atoms with Crippen LogP contribution in [-0.4, -0.2) is 57.2 Å². The van der Waals surface area contributed by atoms with E-state index < -0.39 is 0 Å². The Kier molecular flexibility index (Phi) is 7.09. The van der Waals surface area contributed by atoms with E-state index in [0.29, 0.717) is 49.8 Å². The number of urea groups is 1. The van der Waals surface area contributed by atoms with Crippen LogP contribution >= 0.6 is 0 Å². The van der Waals surface area contributed by atoms with Gasteiger partial charge in [-0.05, 0) is 48.7 Å². The zero-order chi connectivity index (χ0) is 27.5. The summed E-state index contributed by atoms with van der Waals surface area (Å²) < 4.78 is 5.74. The van der Waals surface area contributed by atoms with Gasteiger partial charge in [0.1, 0.15) is 22.7 Å². The molecule has 0 saturated carbocycles. The van der Waals surface area contributed by atoms with Crippen molar-refractivity contribution in [3.63, 3.8) is 0 Å². The molecule has 0 spiro atoms. The molecule has 0 radical (unpaired) electrons. The number of nitrogens with zero attached hydrogens (tertiary/aromatic N) is 6. The molecule has 1 aliphatic heterocycles. The van der Waals surface area contributed by atoms with Crippen molar-refractivity contribution < 1.29 is 9.32 Å². The molecular weight excluding hydrogens is 502 g/mol. The lowest BCUT2D eigenvalue weighted by molar-refractivity contribution is 0.208. The van der Waals surface area contributed by atoms with Crippen molar-refractivity contribution in [2.45, 2.75) is 26.7 Å². The van der Waals surface area contributed by atoms with Crippen molar-refractivity contribution in [2.24, 2.45) is 0 Å². The number of amides is 2. The molecule has 3 aromatic heterocycles. The van der Waals surface area contributed by atoms with Gasteiger partial charge in [0.15, 0.2) is 0 Å². The Hall–Kier alpha value is -4.79. The van der Waals surface area contributed by atoms with Crippen molar-refractivity contribution in [2.75, 3.05) is 36.4 Å². The second-order valence-electron chi connectivity index (χ2n) is 10.0. The Bertz CT molecular complexity index is 1610. The highest BCUT2D eigenvalue weighted by Crippen LogP contribution is 2.34. The minimum atomic E-state index is -0.0992. The molecule has 40 heavy (non-hydrogen) atoms. The summed E-state index contributed by atoms with van der Waals surface area (Å²) >= 11 is 0. The van der Waals surface area contributed by atoms with Gasteiger partial charge in [-0.3, -0.25) is 4.98 Å². The summed E-state index contributed by atoms with van der Waals surface area (Å²) in [6, 6.07) is 20.1. The van der Waals surface area contributed by atoms with E-state index in [0.717, 1.165) is 34.4 Å². The van der Waals surface area contributed by atoms with E-state index >= 15 is 0 Å². The predicted molar refractivity (Wildman–Crippen MR) is 155 cm³/mol. The summed E-state index contributed by atoms with van der Waals surface area (Å²) in [6.45, 7) is 6.55. The number of pyridine rings is 1. The van der Waals surface area contributed by atoms with E-state index in [2.05, 4.69) is 58.5 Å². The molecule has 0 unspecified atom stereocenters. The van der Waals surface area contributed by atoms with Crippen LogP contribution in [0.3, 0.4) is 0 Å². The number of hydrogen-bond donors (Lipinski definition) is 1. The summed E-state index contributed by atoms with van der Waals surface area (Å²) in [5, 5.41) is 8.15. The number of rotatable bonds is 6. The van der Waals surface area contributed by atoms with E-state index in [1.54, 1.807) is 12.4 Å². The number of aryl methyl sites for hydroxylation is 2. The molecule has 0 bridgehead atoms. The molecule has 1 fully saturated rings. The number of hydrogen-bond acceptors (Lipinski definition) is 7. The Morgan fingerprint density at radius 1 is 0.950 bits per heavy atom. The SMILES string of the molecule is CCc1ccc(NC(=O)N2CCN(c3nc(Cc4ccc(C)cc4)nc4onc(-c5cccnc5)c34)CC2)cc1.